The van der Waals surface area contributed by atoms with Gasteiger partial charge in [0.2, 0.25) is 17.7 Å². The van der Waals surface area contributed by atoms with Gasteiger partial charge in [0.05, 0.1) is 38.1 Å². The number of β-lactam (4-membered cyclic amide) rings is 2. The van der Waals surface area contributed by atoms with E-state index in [1.165, 1.54) is 38.5 Å². The van der Waals surface area contributed by atoms with Gasteiger partial charge in [-0.15, -0.1) is 0 Å². The molecule has 0 aromatic heterocycles. The summed E-state index contributed by atoms with van der Waals surface area (Å²) in [5.74, 6) is -7.51. The predicted octanol–water partition coefficient (Wildman–Crippen LogP) is 14.8. The molecule has 1 unspecified atom stereocenters. The SMILES string of the molecule is CC(C)(C)[Si](C)(C)N1C(=O)C[C@@H]1C(=O)O.COc1ccc([C@@](Cc2ccccc2)(NC(=O)C2CC(=O)N2[Si](C)(C)C(C)(C)C)c2cc(F)cc(OC(F)(F)C(F)F)c2)cc1F.COc1ccc([C@](N)(Cc2ccccc2)c2cc(F)cc(OC(F)(F)C(F)F)c2)cc1F. The minimum Gasteiger partial charge on any atom is -0.494 e. The van der Waals surface area contributed by atoms with Gasteiger partial charge in [0.25, 0.3) is 0 Å². The maximum Gasteiger partial charge on any atom is 0.461 e. The van der Waals surface area contributed by atoms with Crippen LogP contribution < -0.4 is 30.0 Å². The van der Waals surface area contributed by atoms with Crippen LogP contribution in [0.15, 0.2) is 133 Å². The van der Waals surface area contributed by atoms with Crippen LogP contribution in [-0.2, 0) is 43.1 Å². The second-order valence-electron chi connectivity index (χ2n) is 25.6. The quantitative estimate of drug-likeness (QED) is 0.0358. The number of halogens is 12. The third kappa shape index (κ3) is 16.5. The van der Waals surface area contributed by atoms with Gasteiger partial charge in [-0.25, -0.2) is 17.6 Å². The van der Waals surface area contributed by atoms with Gasteiger partial charge < -0.3 is 44.2 Å². The predicted molar refractivity (Wildman–Crippen MR) is 329 cm³/mol. The topological polar surface area (TPSA) is 170 Å². The van der Waals surface area contributed by atoms with Gasteiger partial charge in [-0.1, -0.05) is 141 Å². The van der Waals surface area contributed by atoms with Crippen molar-refractivity contribution in [3.63, 3.8) is 0 Å². The summed E-state index contributed by atoms with van der Waals surface area (Å²) in [6.07, 6.45) is -18.3. The molecule has 0 saturated carbocycles. The highest BCUT2D eigenvalue weighted by atomic mass is 28.3. The number of carbonyl (C=O) groups excluding carboxylic acids is 3. The molecule has 27 heteroatoms. The number of aliphatic carboxylic acids is 1. The van der Waals surface area contributed by atoms with Crippen molar-refractivity contribution in [1.82, 2.24) is 14.4 Å². The Morgan fingerprint density at radius 1 is 0.559 bits per heavy atom. The average molecular weight is 1350 g/mol. The fourth-order valence-corrected chi connectivity index (χ4v) is 15.3. The van der Waals surface area contributed by atoms with Gasteiger partial charge >= 0.3 is 31.0 Å². The number of nitrogens with zero attached hydrogens (tertiary/aromatic N) is 2. The van der Waals surface area contributed by atoms with Crippen molar-refractivity contribution in [2.75, 3.05) is 14.2 Å². The lowest BCUT2D eigenvalue weighted by atomic mass is 9.77. The lowest BCUT2D eigenvalue weighted by molar-refractivity contribution is -0.253. The smallest absolute Gasteiger partial charge is 0.461 e. The molecule has 2 heterocycles. The molecule has 4 atom stereocenters. The van der Waals surface area contributed by atoms with Crippen LogP contribution in [0.3, 0.4) is 0 Å². The number of hydrogen-bond acceptors (Lipinski definition) is 9. The number of rotatable bonds is 21. The normalized spacial score (nSPS) is 16.7. The van der Waals surface area contributed by atoms with E-state index >= 15 is 8.78 Å². The Morgan fingerprint density at radius 2 is 0.946 bits per heavy atom. The third-order valence-corrected chi connectivity index (χ3v) is 28.3. The molecule has 6 aromatic rings. The fraction of sp³-hybridized carbons (Fsp3) is 0.394. The van der Waals surface area contributed by atoms with Crippen LogP contribution in [0.2, 0.25) is 36.3 Å². The Morgan fingerprint density at radius 3 is 1.34 bits per heavy atom. The largest absolute Gasteiger partial charge is 0.494 e. The van der Waals surface area contributed by atoms with E-state index < -0.39 is 111 Å². The molecule has 2 aliphatic heterocycles. The molecule has 0 bridgehead atoms. The highest BCUT2D eigenvalue weighted by Crippen LogP contribution is 2.46. The van der Waals surface area contributed by atoms with Crippen molar-refractivity contribution in [2.45, 2.75) is 152 Å². The number of carboxylic acid groups (broad SMARTS) is 1. The molecule has 0 radical (unpaired) electrons. The molecule has 13 nitrogen and oxygen atoms in total. The van der Waals surface area contributed by atoms with Crippen molar-refractivity contribution < 1.29 is 95.9 Å². The van der Waals surface area contributed by atoms with E-state index in [2.05, 4.69) is 48.7 Å². The van der Waals surface area contributed by atoms with Crippen molar-refractivity contribution >= 4 is 40.2 Å². The number of ether oxygens (including phenoxy) is 4. The van der Waals surface area contributed by atoms with Gasteiger partial charge in [0.15, 0.2) is 39.6 Å². The molecule has 2 saturated heterocycles. The Hall–Kier alpha value is -8.05. The summed E-state index contributed by atoms with van der Waals surface area (Å²) in [6.45, 7) is 20.2. The van der Waals surface area contributed by atoms with Gasteiger partial charge in [0, 0.05) is 18.6 Å². The Kier molecular flexibility index (Phi) is 22.5. The zero-order valence-corrected chi connectivity index (χ0v) is 55.1. The van der Waals surface area contributed by atoms with E-state index in [0.717, 1.165) is 36.4 Å². The van der Waals surface area contributed by atoms with Crippen molar-refractivity contribution in [1.29, 1.82) is 0 Å². The minimum absolute atomic E-state index is 0.00319. The van der Waals surface area contributed by atoms with E-state index in [9.17, 15) is 63.1 Å². The Balaban J connectivity index is 0.000000251. The van der Waals surface area contributed by atoms with Crippen LogP contribution in [0, 0.1) is 23.3 Å². The summed E-state index contributed by atoms with van der Waals surface area (Å²) in [6, 6.07) is 28.0. The van der Waals surface area contributed by atoms with E-state index in [-0.39, 0.29) is 81.3 Å². The van der Waals surface area contributed by atoms with Gasteiger partial charge in [0.1, 0.15) is 35.2 Å². The van der Waals surface area contributed by atoms with Crippen LogP contribution in [0.1, 0.15) is 87.8 Å². The number of benzene rings is 6. The van der Waals surface area contributed by atoms with Crippen molar-refractivity contribution in [3.05, 3.63) is 190 Å². The first-order valence-corrected chi connectivity index (χ1v) is 34.9. The number of hydrogen-bond donors (Lipinski definition) is 3. The summed E-state index contributed by atoms with van der Waals surface area (Å²) >= 11 is 0. The van der Waals surface area contributed by atoms with Crippen molar-refractivity contribution in [3.8, 4) is 23.0 Å². The van der Waals surface area contributed by atoms with Crippen LogP contribution in [0.25, 0.3) is 0 Å². The fourth-order valence-electron chi connectivity index (χ4n) is 10.4. The van der Waals surface area contributed by atoms with Crippen LogP contribution in [0.5, 0.6) is 23.0 Å². The summed E-state index contributed by atoms with van der Waals surface area (Å²) in [7, 11) is -2.07. The highest BCUT2D eigenvalue weighted by molar-refractivity contribution is 6.80. The van der Waals surface area contributed by atoms with Crippen LogP contribution in [0.4, 0.5) is 52.7 Å². The van der Waals surface area contributed by atoms with E-state index in [0.29, 0.717) is 23.3 Å². The molecule has 3 amide bonds. The first-order chi connectivity index (χ1) is 43.0. The lowest BCUT2D eigenvalue weighted by Crippen LogP contribution is -2.72. The highest BCUT2D eigenvalue weighted by Gasteiger charge is 2.57. The van der Waals surface area contributed by atoms with Gasteiger partial charge in [-0.3, -0.25) is 19.2 Å². The molecular formula is C66H74F12N4O9Si2. The summed E-state index contributed by atoms with van der Waals surface area (Å²) in [5.41, 5.74) is 4.32. The number of amides is 3. The van der Waals surface area contributed by atoms with Gasteiger partial charge in [-0.05, 0) is 98.4 Å². The molecule has 2 aliphatic rings. The maximum absolute atomic E-state index is 15.3. The molecule has 2 fully saturated rings. The Labute approximate surface area is 533 Å². The second-order valence-corrected chi connectivity index (χ2v) is 35.8. The number of alkyl halides is 8. The lowest BCUT2D eigenvalue weighted by Gasteiger charge is -2.54. The summed E-state index contributed by atoms with van der Waals surface area (Å²) in [5, 5.41) is 11.6. The molecule has 0 spiro atoms. The molecule has 0 aliphatic carbocycles. The van der Waals surface area contributed by atoms with E-state index in [1.54, 1.807) is 69.8 Å². The summed E-state index contributed by atoms with van der Waals surface area (Å²) < 4.78 is 187. The van der Waals surface area contributed by atoms with Crippen molar-refractivity contribution in [2.24, 2.45) is 5.73 Å². The third-order valence-electron chi connectivity index (χ3n) is 17.4. The molecule has 4 N–H and O–H groups in total. The standard InChI is InChI=1S/C33H36F6N2O4Si.C23H19F6NO2.C10H19NO3Si/c1-31(2,3)46(5,6)41-26(18-28(41)42)29(43)40-32(19-20-10-8-7-9-11-20,21-12-13-27(44-4)25(35)16-21)22-14-23(34)17-24(15-22)45-33(38,39)30(36)37;1-31-20-8-7-15(11-19(20)25)22(30,13-14-5-3-2-4-6-14)16-9-17(24)12-18(10-16)32-23(28,29)21(26)27;1-10(2,3)15(4,5)11-7(9(13)14)6-8(11)12/h7-17,26,30H,18-19H2,1-6H3,(H,40,43);2-12,21H,13,30H2,1H3;7H,6H2,1-5H3,(H,13,14)/t26?,32-;22-;7-/m111/s1. The van der Waals surface area contributed by atoms with Crippen LogP contribution >= 0.6 is 0 Å². The molecule has 6 aromatic carbocycles. The number of methoxy groups -OCH3 is 2. The average Bonchev–Trinajstić information content (AvgIpc) is 0.749. The summed E-state index contributed by atoms with van der Waals surface area (Å²) in [4.78, 5) is 49.7. The minimum atomic E-state index is -4.96. The Bertz CT molecular complexity index is 3660. The monoisotopic (exact) mass is 1350 g/mol. The van der Waals surface area contributed by atoms with E-state index in [1.807, 2.05) is 33.9 Å². The molecular weight excluding hydrogens is 1280 g/mol. The number of carboxylic acids is 1. The number of nitrogens with one attached hydrogen (secondary N) is 1. The first kappa shape index (κ1) is 74.0. The van der Waals surface area contributed by atoms with E-state index in [4.69, 9.17) is 20.3 Å². The zero-order chi connectivity index (χ0) is 69.8. The molecule has 8 rings (SSSR count). The zero-order valence-electron chi connectivity index (χ0n) is 53.1. The molecule has 504 valence electrons. The first-order valence-electron chi connectivity index (χ1n) is 29.0. The molecule has 93 heavy (non-hydrogen) atoms. The second kappa shape index (κ2) is 28.3. The number of nitrogens with two attached hydrogens (primary N) is 1. The maximum atomic E-state index is 15.3. The van der Waals surface area contributed by atoms with Crippen LogP contribution in [-0.4, -0.2) is 106 Å². The number of carbonyl (C=O) groups is 4. The van der Waals surface area contributed by atoms with Gasteiger partial charge in [-0.2, -0.15) is 35.1 Å².